The van der Waals surface area contributed by atoms with Crippen molar-refractivity contribution in [3.8, 4) is 0 Å². The molecule has 0 spiro atoms. The third-order valence-electron chi connectivity index (χ3n) is 3.06. The highest BCUT2D eigenvalue weighted by Crippen LogP contribution is 2.25. The summed E-state index contributed by atoms with van der Waals surface area (Å²) in [6.45, 7) is 6.62. The first-order valence-electron chi connectivity index (χ1n) is 6.49. The number of thioether (sulfide) groups is 1. The van der Waals surface area contributed by atoms with Gasteiger partial charge in [-0.3, -0.25) is 14.9 Å². The summed E-state index contributed by atoms with van der Waals surface area (Å²) < 4.78 is 5.84. The average Bonchev–Trinajstić information content (AvgIpc) is 2.92. The maximum Gasteiger partial charge on any atom is 0.290 e. The van der Waals surface area contributed by atoms with Gasteiger partial charge in [0.05, 0.1) is 16.0 Å². The fraction of sp³-hybridized carbons (Fsp3) is 0.214. The van der Waals surface area contributed by atoms with E-state index < -0.39 is 8.07 Å². The first kappa shape index (κ1) is 14.1. The number of pyridine rings is 1. The third-order valence-corrected chi connectivity index (χ3v) is 5.59. The molecule has 5 nitrogen and oxygen atoms in total. The SMILES string of the molecule is C[Si](C)(C)c1cc2nc(C=C3SC(=O)NC3=O)ccc2o1. The minimum Gasteiger partial charge on any atom is -0.465 e. The van der Waals surface area contributed by atoms with Gasteiger partial charge in [0.25, 0.3) is 11.1 Å². The summed E-state index contributed by atoms with van der Waals surface area (Å²) in [5.41, 5.74) is 2.16. The molecule has 0 aromatic carbocycles. The average molecular weight is 318 g/mol. The van der Waals surface area contributed by atoms with Crippen LogP contribution in [0.5, 0.6) is 0 Å². The van der Waals surface area contributed by atoms with Crippen molar-refractivity contribution in [2.45, 2.75) is 19.6 Å². The van der Waals surface area contributed by atoms with Crippen LogP contribution in [0.2, 0.25) is 19.6 Å². The second-order valence-corrected chi connectivity index (χ2v) is 11.8. The topological polar surface area (TPSA) is 72.2 Å². The Labute approximate surface area is 126 Å². The van der Waals surface area contributed by atoms with Gasteiger partial charge in [-0.15, -0.1) is 0 Å². The number of carbonyl (C=O) groups excluding carboxylic acids is 2. The zero-order chi connectivity index (χ0) is 15.2. The van der Waals surface area contributed by atoms with E-state index in [1.807, 2.05) is 12.1 Å². The Morgan fingerprint density at radius 2 is 2.05 bits per heavy atom. The van der Waals surface area contributed by atoms with Crippen molar-refractivity contribution in [1.29, 1.82) is 0 Å². The van der Waals surface area contributed by atoms with E-state index in [-0.39, 0.29) is 11.1 Å². The second kappa shape index (κ2) is 4.85. The zero-order valence-corrected chi connectivity index (χ0v) is 13.7. The van der Waals surface area contributed by atoms with Crippen LogP contribution in [0.25, 0.3) is 17.2 Å². The summed E-state index contributed by atoms with van der Waals surface area (Å²) >= 11 is 0.888. The van der Waals surface area contributed by atoms with Gasteiger partial charge < -0.3 is 4.42 Å². The summed E-state index contributed by atoms with van der Waals surface area (Å²) in [5.74, 6) is -0.373. The van der Waals surface area contributed by atoms with Crippen molar-refractivity contribution >= 4 is 53.5 Å². The highest BCUT2D eigenvalue weighted by Gasteiger charge is 2.25. The van der Waals surface area contributed by atoms with Gasteiger partial charge in [-0.2, -0.15) is 0 Å². The molecular formula is C14H14N2O3SSi. The van der Waals surface area contributed by atoms with Crippen LogP contribution in [0.1, 0.15) is 5.69 Å². The molecule has 1 fully saturated rings. The van der Waals surface area contributed by atoms with Gasteiger partial charge in [0.15, 0.2) is 5.58 Å². The highest BCUT2D eigenvalue weighted by molar-refractivity contribution is 8.18. The van der Waals surface area contributed by atoms with Crippen molar-refractivity contribution in [3.63, 3.8) is 0 Å². The smallest absolute Gasteiger partial charge is 0.290 e. The van der Waals surface area contributed by atoms with Gasteiger partial charge in [-0.1, -0.05) is 19.6 Å². The lowest BCUT2D eigenvalue weighted by atomic mass is 10.3. The predicted octanol–water partition coefficient (Wildman–Crippen LogP) is 2.70. The Kier molecular flexibility index (Phi) is 3.25. The molecule has 0 atom stereocenters. The van der Waals surface area contributed by atoms with Gasteiger partial charge in [-0.05, 0) is 30.0 Å². The molecule has 3 rings (SSSR count). The zero-order valence-electron chi connectivity index (χ0n) is 11.9. The lowest BCUT2D eigenvalue weighted by Crippen LogP contribution is -2.36. The molecule has 0 aliphatic carbocycles. The molecule has 2 aromatic rings. The monoisotopic (exact) mass is 318 g/mol. The number of imide groups is 1. The van der Waals surface area contributed by atoms with Crippen LogP contribution in [0.4, 0.5) is 4.79 Å². The molecule has 108 valence electrons. The number of nitrogens with one attached hydrogen (secondary N) is 1. The maximum atomic E-state index is 11.5. The van der Waals surface area contributed by atoms with Crippen LogP contribution >= 0.6 is 11.8 Å². The van der Waals surface area contributed by atoms with Crippen LogP contribution in [0.3, 0.4) is 0 Å². The van der Waals surface area contributed by atoms with Crippen LogP contribution in [-0.4, -0.2) is 24.2 Å². The van der Waals surface area contributed by atoms with Gasteiger partial charge in [0.1, 0.15) is 13.6 Å². The molecule has 2 aromatic heterocycles. The Morgan fingerprint density at radius 3 is 2.67 bits per heavy atom. The van der Waals surface area contributed by atoms with E-state index in [1.54, 1.807) is 12.1 Å². The van der Waals surface area contributed by atoms with Crippen LogP contribution in [0.15, 0.2) is 27.5 Å². The molecule has 0 radical (unpaired) electrons. The molecule has 7 heteroatoms. The van der Waals surface area contributed by atoms with Crippen LogP contribution < -0.4 is 10.7 Å². The summed E-state index contributed by atoms with van der Waals surface area (Å²) in [7, 11) is -1.52. The molecular weight excluding hydrogens is 304 g/mol. The Balaban J connectivity index is 2.00. The molecule has 1 aliphatic rings. The maximum absolute atomic E-state index is 11.5. The summed E-state index contributed by atoms with van der Waals surface area (Å²) in [5, 5.41) is 2.87. The molecule has 1 aliphatic heterocycles. The quantitative estimate of drug-likeness (QED) is 0.681. The number of nitrogens with zero attached hydrogens (tertiary/aromatic N) is 1. The van der Waals surface area contributed by atoms with E-state index in [0.29, 0.717) is 10.6 Å². The molecule has 1 saturated heterocycles. The van der Waals surface area contributed by atoms with Gasteiger partial charge in [0, 0.05) is 6.07 Å². The van der Waals surface area contributed by atoms with Crippen molar-refractivity contribution in [2.75, 3.05) is 0 Å². The molecule has 0 bridgehead atoms. The minimum atomic E-state index is -1.52. The Hall–Kier alpha value is -1.86. The van der Waals surface area contributed by atoms with Crippen molar-refractivity contribution in [3.05, 3.63) is 28.8 Å². The third kappa shape index (κ3) is 2.79. The standard InChI is InChI=1S/C14H14N2O3SSi/c1-21(2,3)12-7-9-10(19-12)5-4-8(15-9)6-11-13(17)16-14(18)20-11/h4-7H,1-3H3,(H,16,17,18). The number of amides is 2. The number of aromatic nitrogens is 1. The van der Waals surface area contributed by atoms with E-state index >= 15 is 0 Å². The van der Waals surface area contributed by atoms with Crippen LogP contribution in [0, 0.1) is 0 Å². The van der Waals surface area contributed by atoms with Gasteiger partial charge >= 0.3 is 0 Å². The number of hydrogen-bond acceptors (Lipinski definition) is 5. The van der Waals surface area contributed by atoms with Crippen molar-refractivity contribution < 1.29 is 14.0 Å². The molecule has 1 N–H and O–H groups in total. The molecule has 0 unspecified atom stereocenters. The molecule has 2 amide bonds. The van der Waals surface area contributed by atoms with E-state index in [2.05, 4.69) is 29.9 Å². The van der Waals surface area contributed by atoms with E-state index in [4.69, 9.17) is 4.42 Å². The van der Waals surface area contributed by atoms with Crippen LogP contribution in [-0.2, 0) is 4.79 Å². The van der Waals surface area contributed by atoms with Crippen molar-refractivity contribution in [1.82, 2.24) is 10.3 Å². The number of carbonyl (C=O) groups is 2. The fourth-order valence-corrected chi connectivity index (χ4v) is 3.60. The first-order valence-corrected chi connectivity index (χ1v) is 10.8. The molecule has 0 saturated carbocycles. The summed E-state index contributed by atoms with van der Waals surface area (Å²) in [6, 6.07) is 5.59. The van der Waals surface area contributed by atoms with E-state index in [0.717, 1.165) is 28.2 Å². The lowest BCUT2D eigenvalue weighted by molar-refractivity contribution is -0.115. The second-order valence-electron chi connectivity index (χ2n) is 5.83. The molecule has 21 heavy (non-hydrogen) atoms. The highest BCUT2D eigenvalue weighted by atomic mass is 32.2. The number of hydrogen-bond donors (Lipinski definition) is 1. The van der Waals surface area contributed by atoms with Gasteiger partial charge in [0.2, 0.25) is 0 Å². The van der Waals surface area contributed by atoms with E-state index in [9.17, 15) is 9.59 Å². The number of furan rings is 1. The fourth-order valence-electron chi connectivity index (χ4n) is 1.95. The largest absolute Gasteiger partial charge is 0.465 e. The van der Waals surface area contributed by atoms with Crippen molar-refractivity contribution in [2.24, 2.45) is 0 Å². The lowest BCUT2D eigenvalue weighted by Gasteiger charge is -2.10. The number of fused-ring (bicyclic) bond motifs is 1. The minimum absolute atomic E-state index is 0.350. The van der Waals surface area contributed by atoms with Gasteiger partial charge in [-0.25, -0.2) is 4.98 Å². The summed E-state index contributed by atoms with van der Waals surface area (Å²) in [4.78, 5) is 27.5. The first-order chi connectivity index (χ1) is 9.83. The normalized spacial score (nSPS) is 17.8. The Morgan fingerprint density at radius 1 is 1.29 bits per heavy atom. The Bertz CT molecular complexity index is 789. The number of rotatable bonds is 2. The summed E-state index contributed by atoms with van der Waals surface area (Å²) in [6.07, 6.45) is 1.62. The predicted molar refractivity (Wildman–Crippen MR) is 86.1 cm³/mol. The van der Waals surface area contributed by atoms with E-state index in [1.165, 1.54) is 0 Å². The molecule has 3 heterocycles.